The monoisotopic (exact) mass is 145 g/mol. The van der Waals surface area contributed by atoms with E-state index < -0.39 is 0 Å². The Labute approximate surface area is 61.5 Å². The lowest BCUT2D eigenvalue weighted by Crippen LogP contribution is -2.05. The van der Waals surface area contributed by atoms with Crippen molar-refractivity contribution in [2.45, 2.75) is 18.9 Å². The van der Waals surface area contributed by atoms with E-state index in [0.717, 1.165) is 39.2 Å². The van der Waals surface area contributed by atoms with E-state index in [1.807, 2.05) is 0 Å². The van der Waals surface area contributed by atoms with Crippen molar-refractivity contribution in [1.29, 1.82) is 0 Å². The predicted octanol–water partition coefficient (Wildman–Crippen LogP) is 0.141. The summed E-state index contributed by atoms with van der Waals surface area (Å²) in [7, 11) is 0. The maximum absolute atomic E-state index is 5.30. The molecule has 1 saturated heterocycles. The molecule has 60 valence electrons. The van der Waals surface area contributed by atoms with E-state index in [1.165, 1.54) is 0 Å². The number of hydrogen-bond acceptors (Lipinski definition) is 3. The van der Waals surface area contributed by atoms with Gasteiger partial charge >= 0.3 is 0 Å². The van der Waals surface area contributed by atoms with E-state index in [4.69, 9.17) is 15.2 Å². The van der Waals surface area contributed by atoms with Crippen LogP contribution in [0.3, 0.4) is 0 Å². The highest BCUT2D eigenvalue weighted by Gasteiger charge is 2.21. The fourth-order valence-electron chi connectivity index (χ4n) is 0.728. The van der Waals surface area contributed by atoms with Gasteiger partial charge in [-0.25, -0.2) is 0 Å². The van der Waals surface area contributed by atoms with Gasteiger partial charge in [0.15, 0.2) is 0 Å². The van der Waals surface area contributed by atoms with Crippen LogP contribution in [0.25, 0.3) is 0 Å². The zero-order valence-corrected chi connectivity index (χ0v) is 6.21. The predicted molar refractivity (Wildman–Crippen MR) is 38.8 cm³/mol. The summed E-state index contributed by atoms with van der Waals surface area (Å²) in [6.07, 6.45) is 2.53. The van der Waals surface area contributed by atoms with Crippen molar-refractivity contribution in [2.75, 3.05) is 26.4 Å². The van der Waals surface area contributed by atoms with Crippen molar-refractivity contribution in [1.82, 2.24) is 0 Å². The molecule has 10 heavy (non-hydrogen) atoms. The molecule has 1 aliphatic rings. The van der Waals surface area contributed by atoms with Gasteiger partial charge in [-0.2, -0.15) is 0 Å². The fourth-order valence-corrected chi connectivity index (χ4v) is 0.728. The summed E-state index contributed by atoms with van der Waals surface area (Å²) in [6.45, 7) is 3.25. The average molecular weight is 145 g/mol. The third-order valence-corrected chi connectivity index (χ3v) is 1.45. The maximum atomic E-state index is 5.30. The molecule has 0 aromatic carbocycles. The van der Waals surface area contributed by atoms with Crippen LogP contribution in [-0.2, 0) is 9.47 Å². The first-order valence-corrected chi connectivity index (χ1v) is 3.83. The van der Waals surface area contributed by atoms with E-state index in [0.29, 0.717) is 6.10 Å². The number of epoxide rings is 1. The van der Waals surface area contributed by atoms with Gasteiger partial charge in [0.25, 0.3) is 0 Å². The summed E-state index contributed by atoms with van der Waals surface area (Å²) >= 11 is 0. The number of hydrogen-bond donors (Lipinski definition) is 1. The lowest BCUT2D eigenvalue weighted by molar-refractivity contribution is 0.113. The fraction of sp³-hybridized carbons (Fsp3) is 1.00. The summed E-state index contributed by atoms with van der Waals surface area (Å²) in [5.41, 5.74) is 5.30. The van der Waals surface area contributed by atoms with Crippen LogP contribution in [0.15, 0.2) is 0 Å². The molecule has 0 aliphatic carbocycles. The highest BCUT2D eigenvalue weighted by Crippen LogP contribution is 2.08. The van der Waals surface area contributed by atoms with Crippen LogP contribution >= 0.6 is 0 Å². The molecule has 1 fully saturated rings. The van der Waals surface area contributed by atoms with Crippen LogP contribution in [0.5, 0.6) is 0 Å². The van der Waals surface area contributed by atoms with Crippen LogP contribution in [0.4, 0.5) is 0 Å². The second kappa shape index (κ2) is 4.66. The molecule has 1 aliphatic heterocycles. The van der Waals surface area contributed by atoms with Crippen LogP contribution in [-0.4, -0.2) is 32.5 Å². The highest BCUT2D eigenvalue weighted by atomic mass is 16.6. The second-order valence-corrected chi connectivity index (χ2v) is 2.53. The molecular weight excluding hydrogens is 130 g/mol. The van der Waals surface area contributed by atoms with Gasteiger partial charge in [0.2, 0.25) is 0 Å². The average Bonchev–Trinajstić information content (AvgIpc) is 2.71. The normalized spacial score (nSPS) is 23.1. The lowest BCUT2D eigenvalue weighted by Gasteiger charge is -1.99. The first-order valence-electron chi connectivity index (χ1n) is 3.83. The Kier molecular flexibility index (Phi) is 3.72. The molecule has 3 heteroatoms. The molecule has 0 saturated carbocycles. The van der Waals surface area contributed by atoms with Crippen molar-refractivity contribution >= 4 is 0 Å². The second-order valence-electron chi connectivity index (χ2n) is 2.53. The maximum Gasteiger partial charge on any atom is 0.104 e. The molecule has 1 unspecified atom stereocenters. The van der Waals surface area contributed by atoms with E-state index in [9.17, 15) is 0 Å². The molecular formula is C7H15NO2. The topological polar surface area (TPSA) is 47.8 Å². The highest BCUT2D eigenvalue weighted by molar-refractivity contribution is 4.66. The Bertz CT molecular complexity index is 83.7. The standard InChI is InChI=1S/C7H15NO2/c8-3-1-2-4-9-5-7-6-10-7/h7H,1-6,8H2. The minimum absolute atomic E-state index is 0.401. The van der Waals surface area contributed by atoms with Crippen LogP contribution in [0.2, 0.25) is 0 Å². The first kappa shape index (κ1) is 7.98. The number of rotatable bonds is 6. The summed E-state index contributed by atoms with van der Waals surface area (Å²) in [4.78, 5) is 0. The van der Waals surface area contributed by atoms with Gasteiger partial charge in [0, 0.05) is 6.61 Å². The van der Waals surface area contributed by atoms with Gasteiger partial charge < -0.3 is 15.2 Å². The lowest BCUT2D eigenvalue weighted by atomic mass is 10.3. The molecule has 0 radical (unpaired) electrons. The summed E-state index contributed by atoms with van der Waals surface area (Å²) in [5, 5.41) is 0. The zero-order valence-electron chi connectivity index (χ0n) is 6.21. The molecule has 1 atom stereocenters. The van der Waals surface area contributed by atoms with E-state index in [-0.39, 0.29) is 0 Å². The minimum atomic E-state index is 0.401. The van der Waals surface area contributed by atoms with Crippen molar-refractivity contribution in [3.05, 3.63) is 0 Å². The van der Waals surface area contributed by atoms with Gasteiger partial charge in [-0.3, -0.25) is 0 Å². The van der Waals surface area contributed by atoms with Crippen molar-refractivity contribution in [3.8, 4) is 0 Å². The number of nitrogens with two attached hydrogens (primary N) is 1. The van der Waals surface area contributed by atoms with Gasteiger partial charge in [-0.15, -0.1) is 0 Å². The molecule has 0 bridgehead atoms. The molecule has 3 nitrogen and oxygen atoms in total. The number of ether oxygens (including phenoxy) is 2. The molecule has 0 spiro atoms. The molecule has 2 N–H and O–H groups in total. The van der Waals surface area contributed by atoms with Crippen molar-refractivity contribution in [3.63, 3.8) is 0 Å². The third-order valence-electron chi connectivity index (χ3n) is 1.45. The minimum Gasteiger partial charge on any atom is -0.379 e. The largest absolute Gasteiger partial charge is 0.379 e. The van der Waals surface area contributed by atoms with Crippen molar-refractivity contribution in [2.24, 2.45) is 5.73 Å². The Morgan fingerprint density at radius 2 is 2.30 bits per heavy atom. The molecule has 1 rings (SSSR count). The van der Waals surface area contributed by atoms with Crippen LogP contribution < -0.4 is 5.73 Å². The van der Waals surface area contributed by atoms with Gasteiger partial charge in [0.05, 0.1) is 13.2 Å². The van der Waals surface area contributed by atoms with Crippen LogP contribution in [0.1, 0.15) is 12.8 Å². The van der Waals surface area contributed by atoms with E-state index in [1.54, 1.807) is 0 Å². The molecule has 1 heterocycles. The molecule has 0 aromatic heterocycles. The SMILES string of the molecule is NCCCCOCC1CO1. The first-order chi connectivity index (χ1) is 4.93. The molecule has 0 aromatic rings. The van der Waals surface area contributed by atoms with Gasteiger partial charge in [0.1, 0.15) is 6.10 Å². The van der Waals surface area contributed by atoms with Gasteiger partial charge in [-0.05, 0) is 19.4 Å². The Morgan fingerprint density at radius 3 is 2.90 bits per heavy atom. The Morgan fingerprint density at radius 1 is 1.50 bits per heavy atom. The van der Waals surface area contributed by atoms with E-state index in [2.05, 4.69) is 0 Å². The Hall–Kier alpha value is -0.120. The molecule has 0 amide bonds. The summed E-state index contributed by atoms with van der Waals surface area (Å²) in [6, 6.07) is 0. The van der Waals surface area contributed by atoms with Crippen molar-refractivity contribution < 1.29 is 9.47 Å². The summed E-state index contributed by atoms with van der Waals surface area (Å²) < 4.78 is 10.2. The summed E-state index contributed by atoms with van der Waals surface area (Å²) in [5.74, 6) is 0. The van der Waals surface area contributed by atoms with Gasteiger partial charge in [-0.1, -0.05) is 0 Å². The van der Waals surface area contributed by atoms with Crippen LogP contribution in [0, 0.1) is 0 Å². The third kappa shape index (κ3) is 3.82. The smallest absolute Gasteiger partial charge is 0.104 e. The quantitative estimate of drug-likeness (QED) is 0.427. The zero-order chi connectivity index (χ0) is 7.23. The number of unbranched alkanes of at least 4 members (excludes halogenated alkanes) is 1. The van der Waals surface area contributed by atoms with E-state index >= 15 is 0 Å². The Balaban J connectivity index is 1.68.